The summed E-state index contributed by atoms with van der Waals surface area (Å²) in [6.07, 6.45) is 4.00. The quantitative estimate of drug-likeness (QED) is 0.799. The number of rotatable bonds is 5. The molecule has 1 aliphatic carbocycles. The molecule has 6 nitrogen and oxygen atoms in total. The minimum Gasteiger partial charge on any atom is -0.379 e. The van der Waals surface area contributed by atoms with Crippen molar-refractivity contribution in [3.05, 3.63) is 0 Å². The zero-order chi connectivity index (χ0) is 14.6. The van der Waals surface area contributed by atoms with Crippen LogP contribution in [0.4, 0.5) is 0 Å². The zero-order valence-electron chi connectivity index (χ0n) is 12.5. The highest BCUT2D eigenvalue weighted by Gasteiger charge is 2.34. The van der Waals surface area contributed by atoms with E-state index in [1.54, 1.807) is 15.7 Å². The maximum atomic E-state index is 12.6. The smallest absolute Gasteiger partial charge is 0.282 e. The summed E-state index contributed by atoms with van der Waals surface area (Å²) in [6, 6.07) is 0.688. The topological polar surface area (TPSA) is 61.9 Å². The summed E-state index contributed by atoms with van der Waals surface area (Å²) >= 11 is 0. The molecule has 2 aliphatic rings. The van der Waals surface area contributed by atoms with E-state index in [1.807, 2.05) is 0 Å². The molecule has 0 bridgehead atoms. The minimum absolute atomic E-state index is 0.137. The summed E-state index contributed by atoms with van der Waals surface area (Å²) in [5, 5.41) is 3.45. The van der Waals surface area contributed by atoms with E-state index in [0.29, 0.717) is 32.3 Å². The predicted molar refractivity (Wildman–Crippen MR) is 78.8 cm³/mol. The number of ether oxygens (including phenoxy) is 1. The van der Waals surface area contributed by atoms with Crippen molar-refractivity contribution in [3.8, 4) is 0 Å². The molecule has 0 aromatic heterocycles. The third-order valence-electron chi connectivity index (χ3n) is 4.36. The van der Waals surface area contributed by atoms with Crippen LogP contribution in [0.15, 0.2) is 0 Å². The van der Waals surface area contributed by atoms with Gasteiger partial charge in [-0.15, -0.1) is 0 Å². The van der Waals surface area contributed by atoms with E-state index in [2.05, 4.69) is 12.2 Å². The summed E-state index contributed by atoms with van der Waals surface area (Å²) in [5.41, 5.74) is 0. The van der Waals surface area contributed by atoms with Crippen LogP contribution >= 0.6 is 0 Å². The molecule has 0 amide bonds. The minimum atomic E-state index is -3.33. The van der Waals surface area contributed by atoms with E-state index in [4.69, 9.17) is 4.74 Å². The van der Waals surface area contributed by atoms with E-state index in [0.717, 1.165) is 32.2 Å². The van der Waals surface area contributed by atoms with Crippen molar-refractivity contribution in [2.75, 3.05) is 39.9 Å². The van der Waals surface area contributed by atoms with Gasteiger partial charge in [0.2, 0.25) is 0 Å². The van der Waals surface area contributed by atoms with Gasteiger partial charge in [-0.1, -0.05) is 6.92 Å². The monoisotopic (exact) mass is 305 g/mol. The summed E-state index contributed by atoms with van der Waals surface area (Å²) in [7, 11) is -1.60. The lowest BCUT2D eigenvalue weighted by Gasteiger charge is -2.37. The van der Waals surface area contributed by atoms with Crippen molar-refractivity contribution in [3.63, 3.8) is 0 Å². The van der Waals surface area contributed by atoms with Crippen LogP contribution in [0, 0.1) is 0 Å². The van der Waals surface area contributed by atoms with Gasteiger partial charge < -0.3 is 10.1 Å². The highest BCUT2D eigenvalue weighted by Crippen LogP contribution is 2.25. The Kier molecular flexibility index (Phi) is 5.80. The largest absolute Gasteiger partial charge is 0.379 e. The van der Waals surface area contributed by atoms with Crippen molar-refractivity contribution in [1.29, 1.82) is 0 Å². The Hall–Kier alpha value is -0.210. The van der Waals surface area contributed by atoms with Crippen LogP contribution in [0.2, 0.25) is 0 Å². The number of nitrogens with zero attached hydrogens (tertiary/aromatic N) is 2. The number of hydrogen-bond donors (Lipinski definition) is 1. The van der Waals surface area contributed by atoms with Gasteiger partial charge in [-0.25, -0.2) is 0 Å². The van der Waals surface area contributed by atoms with E-state index in [9.17, 15) is 8.42 Å². The molecule has 1 saturated heterocycles. The average molecular weight is 305 g/mol. The Morgan fingerprint density at radius 1 is 1.20 bits per heavy atom. The second-order valence-electron chi connectivity index (χ2n) is 5.60. The van der Waals surface area contributed by atoms with Crippen LogP contribution in [0.3, 0.4) is 0 Å². The lowest BCUT2D eigenvalue weighted by Crippen LogP contribution is -2.51. The molecule has 118 valence electrons. The molecule has 0 aromatic rings. The second kappa shape index (κ2) is 7.17. The lowest BCUT2D eigenvalue weighted by molar-refractivity contribution is 0.0692. The van der Waals surface area contributed by atoms with Crippen LogP contribution < -0.4 is 5.32 Å². The molecule has 2 fully saturated rings. The van der Waals surface area contributed by atoms with Crippen LogP contribution in [0.1, 0.15) is 32.6 Å². The van der Waals surface area contributed by atoms with Gasteiger partial charge in [0, 0.05) is 32.2 Å². The highest BCUT2D eigenvalue weighted by molar-refractivity contribution is 7.86. The molecule has 1 N–H and O–H groups in total. The highest BCUT2D eigenvalue weighted by atomic mass is 32.2. The Balaban J connectivity index is 1.91. The zero-order valence-corrected chi connectivity index (χ0v) is 13.4. The summed E-state index contributed by atoms with van der Waals surface area (Å²) < 4.78 is 33.5. The van der Waals surface area contributed by atoms with Crippen molar-refractivity contribution >= 4 is 10.2 Å². The molecule has 0 radical (unpaired) electrons. The van der Waals surface area contributed by atoms with Gasteiger partial charge in [-0.3, -0.25) is 0 Å². The first kappa shape index (κ1) is 16.2. The average Bonchev–Trinajstić information content (AvgIpc) is 2.48. The Morgan fingerprint density at radius 3 is 2.35 bits per heavy atom. The van der Waals surface area contributed by atoms with E-state index in [-0.39, 0.29) is 6.04 Å². The Labute approximate surface area is 122 Å². The number of hydrogen-bond acceptors (Lipinski definition) is 4. The fraction of sp³-hybridized carbons (Fsp3) is 1.00. The first-order valence-corrected chi connectivity index (χ1v) is 8.99. The van der Waals surface area contributed by atoms with Gasteiger partial charge in [0.15, 0.2) is 0 Å². The van der Waals surface area contributed by atoms with Crippen LogP contribution in [-0.2, 0) is 14.9 Å². The molecule has 0 unspecified atom stereocenters. The van der Waals surface area contributed by atoms with E-state index >= 15 is 0 Å². The molecule has 7 heteroatoms. The Morgan fingerprint density at radius 2 is 1.80 bits per heavy atom. The van der Waals surface area contributed by atoms with E-state index < -0.39 is 10.2 Å². The molecule has 2 rings (SSSR count). The van der Waals surface area contributed by atoms with Crippen molar-refractivity contribution in [2.45, 2.75) is 44.7 Å². The van der Waals surface area contributed by atoms with Gasteiger partial charge >= 0.3 is 0 Å². The molecule has 1 aliphatic heterocycles. The molecule has 0 aromatic carbocycles. The standard InChI is InChI=1S/C13H27N3O3S/c1-3-14-12-4-6-13(7-5-12)15(2)20(17,18)16-8-10-19-11-9-16/h12-14H,3-11H2,1-2H3. The van der Waals surface area contributed by atoms with Crippen molar-refractivity contribution in [2.24, 2.45) is 0 Å². The molecular formula is C13H27N3O3S. The van der Waals surface area contributed by atoms with Crippen molar-refractivity contribution in [1.82, 2.24) is 13.9 Å². The third kappa shape index (κ3) is 3.71. The fourth-order valence-corrected chi connectivity index (χ4v) is 4.64. The van der Waals surface area contributed by atoms with Crippen LogP contribution in [0.5, 0.6) is 0 Å². The van der Waals surface area contributed by atoms with Gasteiger partial charge in [0.25, 0.3) is 10.2 Å². The molecule has 1 saturated carbocycles. The summed E-state index contributed by atoms with van der Waals surface area (Å²) in [5.74, 6) is 0. The molecule has 0 atom stereocenters. The predicted octanol–water partition coefficient (Wildman–Crippen LogP) is 0.416. The fourth-order valence-electron chi connectivity index (χ4n) is 3.08. The van der Waals surface area contributed by atoms with Gasteiger partial charge in [-0.05, 0) is 32.2 Å². The molecule has 1 heterocycles. The maximum Gasteiger partial charge on any atom is 0.282 e. The molecule has 0 spiro atoms. The van der Waals surface area contributed by atoms with Crippen LogP contribution in [-0.4, -0.2) is 69.0 Å². The lowest BCUT2D eigenvalue weighted by atomic mass is 9.91. The number of morpholine rings is 1. The maximum absolute atomic E-state index is 12.6. The van der Waals surface area contributed by atoms with Crippen LogP contribution in [0.25, 0.3) is 0 Å². The molecular weight excluding hydrogens is 278 g/mol. The van der Waals surface area contributed by atoms with Gasteiger partial charge in [-0.2, -0.15) is 17.0 Å². The third-order valence-corrected chi connectivity index (χ3v) is 6.41. The second-order valence-corrected chi connectivity index (χ2v) is 7.59. The first-order valence-electron chi connectivity index (χ1n) is 7.60. The van der Waals surface area contributed by atoms with E-state index in [1.165, 1.54) is 0 Å². The SMILES string of the molecule is CCNC1CCC(N(C)S(=O)(=O)N2CCOCC2)CC1. The normalized spacial score (nSPS) is 29.8. The number of nitrogens with one attached hydrogen (secondary N) is 1. The summed E-state index contributed by atoms with van der Waals surface area (Å²) in [6.45, 7) is 5.04. The molecule has 20 heavy (non-hydrogen) atoms. The Bertz CT molecular complexity index is 388. The first-order chi connectivity index (χ1) is 9.55. The summed E-state index contributed by atoms with van der Waals surface area (Å²) in [4.78, 5) is 0. The van der Waals surface area contributed by atoms with Crippen molar-refractivity contribution < 1.29 is 13.2 Å². The van der Waals surface area contributed by atoms with Gasteiger partial charge in [0.05, 0.1) is 13.2 Å². The van der Waals surface area contributed by atoms with Gasteiger partial charge in [0.1, 0.15) is 0 Å².